The van der Waals surface area contributed by atoms with Crippen LogP contribution >= 0.6 is 11.8 Å². The maximum absolute atomic E-state index is 13.4. The summed E-state index contributed by atoms with van der Waals surface area (Å²) in [5, 5.41) is 5.69. The molecule has 3 rings (SSSR count). The van der Waals surface area contributed by atoms with Crippen molar-refractivity contribution in [3.63, 3.8) is 0 Å². The lowest BCUT2D eigenvalue weighted by Gasteiger charge is -2.19. The number of thioether (sulfide) groups is 1. The van der Waals surface area contributed by atoms with E-state index in [-0.39, 0.29) is 11.9 Å². The molecule has 7 heteroatoms. The summed E-state index contributed by atoms with van der Waals surface area (Å²) in [6, 6.07) is 11.3. The van der Waals surface area contributed by atoms with Crippen LogP contribution in [0.2, 0.25) is 0 Å². The van der Waals surface area contributed by atoms with Gasteiger partial charge in [0.2, 0.25) is 0 Å². The van der Waals surface area contributed by atoms with Gasteiger partial charge in [0.1, 0.15) is 0 Å². The molecule has 1 heterocycles. The van der Waals surface area contributed by atoms with E-state index in [1.165, 1.54) is 6.07 Å². The van der Waals surface area contributed by atoms with Crippen LogP contribution in [0.5, 0.6) is 0 Å². The zero-order valence-electron chi connectivity index (χ0n) is 14.5. The first-order valence-corrected chi connectivity index (χ1v) is 9.66. The van der Waals surface area contributed by atoms with Crippen LogP contribution in [0.4, 0.5) is 25.0 Å². The largest absolute Gasteiger partial charge is 0.371 e. The van der Waals surface area contributed by atoms with Gasteiger partial charge in [-0.2, -0.15) is 0 Å². The number of nitrogens with zero attached hydrogens (tertiary/aromatic N) is 1. The van der Waals surface area contributed by atoms with Crippen LogP contribution in [0, 0.1) is 17.6 Å². The SMILES string of the molecule is CSc1ccc(NC(=O)NCC2CCN(c3ccc(F)c(F)c3)C2)cc1. The smallest absolute Gasteiger partial charge is 0.319 e. The monoisotopic (exact) mass is 377 g/mol. The average molecular weight is 377 g/mol. The van der Waals surface area contributed by atoms with Crippen molar-refractivity contribution in [1.82, 2.24) is 5.32 Å². The second kappa shape index (κ2) is 8.40. The van der Waals surface area contributed by atoms with Gasteiger partial charge in [0.25, 0.3) is 0 Å². The molecule has 138 valence electrons. The Morgan fingerprint density at radius 1 is 1.19 bits per heavy atom. The number of rotatable bonds is 5. The average Bonchev–Trinajstić information content (AvgIpc) is 3.12. The van der Waals surface area contributed by atoms with E-state index in [0.29, 0.717) is 18.8 Å². The second-order valence-electron chi connectivity index (χ2n) is 6.26. The lowest BCUT2D eigenvalue weighted by Crippen LogP contribution is -2.34. The van der Waals surface area contributed by atoms with Crippen molar-refractivity contribution in [3.8, 4) is 0 Å². The van der Waals surface area contributed by atoms with Gasteiger partial charge in [0, 0.05) is 42.0 Å². The highest BCUT2D eigenvalue weighted by molar-refractivity contribution is 7.98. The van der Waals surface area contributed by atoms with E-state index in [9.17, 15) is 13.6 Å². The van der Waals surface area contributed by atoms with Crippen molar-refractivity contribution in [2.75, 3.05) is 36.1 Å². The molecule has 1 atom stereocenters. The van der Waals surface area contributed by atoms with Crippen molar-refractivity contribution in [3.05, 3.63) is 54.1 Å². The van der Waals surface area contributed by atoms with Crippen molar-refractivity contribution in [2.24, 2.45) is 5.92 Å². The van der Waals surface area contributed by atoms with E-state index in [0.717, 1.165) is 29.6 Å². The van der Waals surface area contributed by atoms with E-state index >= 15 is 0 Å². The van der Waals surface area contributed by atoms with Crippen LogP contribution in [0.25, 0.3) is 0 Å². The van der Waals surface area contributed by atoms with Crippen LogP contribution in [0.3, 0.4) is 0 Å². The van der Waals surface area contributed by atoms with Gasteiger partial charge in [0.15, 0.2) is 11.6 Å². The number of halogens is 2. The van der Waals surface area contributed by atoms with E-state index < -0.39 is 11.6 Å². The molecule has 2 aromatic carbocycles. The number of anilines is 2. The van der Waals surface area contributed by atoms with Gasteiger partial charge in [-0.05, 0) is 55.0 Å². The number of urea groups is 1. The molecule has 0 spiro atoms. The van der Waals surface area contributed by atoms with E-state index in [1.807, 2.05) is 35.4 Å². The number of amides is 2. The summed E-state index contributed by atoms with van der Waals surface area (Å²) in [7, 11) is 0. The van der Waals surface area contributed by atoms with Crippen LogP contribution in [0.1, 0.15) is 6.42 Å². The summed E-state index contributed by atoms with van der Waals surface area (Å²) < 4.78 is 26.4. The first-order chi connectivity index (χ1) is 12.5. The summed E-state index contributed by atoms with van der Waals surface area (Å²) in [5.74, 6) is -1.41. The minimum atomic E-state index is -0.839. The summed E-state index contributed by atoms with van der Waals surface area (Å²) in [6.07, 6.45) is 2.89. The standard InChI is InChI=1S/C19H21F2N3OS/c1-26-16-5-2-14(3-6-16)23-19(25)22-11-13-8-9-24(12-13)15-4-7-17(20)18(21)10-15/h2-7,10,13H,8-9,11-12H2,1H3,(H2,22,23,25). The Kier molecular flexibility index (Phi) is 5.98. The number of carbonyl (C=O) groups excluding carboxylic acids is 1. The topological polar surface area (TPSA) is 44.4 Å². The van der Waals surface area contributed by atoms with E-state index in [2.05, 4.69) is 10.6 Å². The maximum Gasteiger partial charge on any atom is 0.319 e. The summed E-state index contributed by atoms with van der Waals surface area (Å²) in [5.41, 5.74) is 1.42. The summed E-state index contributed by atoms with van der Waals surface area (Å²) in [6.45, 7) is 2.00. The van der Waals surface area contributed by atoms with Crippen LogP contribution in [-0.2, 0) is 0 Å². The molecule has 2 N–H and O–H groups in total. The van der Waals surface area contributed by atoms with Gasteiger partial charge in [0.05, 0.1) is 0 Å². The highest BCUT2D eigenvalue weighted by Gasteiger charge is 2.23. The number of hydrogen-bond donors (Lipinski definition) is 2. The fourth-order valence-corrected chi connectivity index (χ4v) is 3.41. The number of carbonyl (C=O) groups is 1. The van der Waals surface area contributed by atoms with E-state index in [4.69, 9.17) is 0 Å². The van der Waals surface area contributed by atoms with Crippen LogP contribution in [-0.4, -0.2) is 31.9 Å². The fraction of sp³-hybridized carbons (Fsp3) is 0.316. The minimum Gasteiger partial charge on any atom is -0.371 e. The fourth-order valence-electron chi connectivity index (χ4n) is 3.00. The van der Waals surface area contributed by atoms with E-state index in [1.54, 1.807) is 17.8 Å². The minimum absolute atomic E-state index is 0.242. The zero-order valence-corrected chi connectivity index (χ0v) is 15.3. The van der Waals surface area contributed by atoms with Gasteiger partial charge >= 0.3 is 6.03 Å². The first kappa shape index (κ1) is 18.5. The van der Waals surface area contributed by atoms with Crippen molar-refractivity contribution >= 4 is 29.2 Å². The summed E-state index contributed by atoms with van der Waals surface area (Å²) >= 11 is 1.65. The molecule has 1 fully saturated rings. The molecule has 4 nitrogen and oxygen atoms in total. The van der Waals surface area contributed by atoms with Gasteiger partial charge < -0.3 is 15.5 Å². The highest BCUT2D eigenvalue weighted by Crippen LogP contribution is 2.25. The van der Waals surface area contributed by atoms with Crippen molar-refractivity contribution in [2.45, 2.75) is 11.3 Å². The normalized spacial score (nSPS) is 16.6. The Labute approximate surface area is 156 Å². The predicted molar refractivity (Wildman–Crippen MR) is 102 cm³/mol. The van der Waals surface area contributed by atoms with Crippen LogP contribution in [0.15, 0.2) is 47.4 Å². The quantitative estimate of drug-likeness (QED) is 0.762. The Balaban J connectivity index is 1.46. The molecule has 1 aliphatic heterocycles. The molecule has 0 saturated carbocycles. The molecule has 26 heavy (non-hydrogen) atoms. The third kappa shape index (κ3) is 4.66. The number of benzene rings is 2. The second-order valence-corrected chi connectivity index (χ2v) is 7.14. The number of nitrogens with one attached hydrogen (secondary N) is 2. The lowest BCUT2D eigenvalue weighted by atomic mass is 10.1. The van der Waals surface area contributed by atoms with Gasteiger partial charge in [-0.15, -0.1) is 11.8 Å². The molecule has 1 unspecified atom stereocenters. The molecule has 0 bridgehead atoms. The Morgan fingerprint density at radius 2 is 1.96 bits per heavy atom. The van der Waals surface area contributed by atoms with Crippen LogP contribution < -0.4 is 15.5 Å². The molecule has 0 aliphatic carbocycles. The van der Waals surface area contributed by atoms with Crippen molar-refractivity contribution < 1.29 is 13.6 Å². The Hall–Kier alpha value is -2.28. The van der Waals surface area contributed by atoms with Gasteiger partial charge in [-0.3, -0.25) is 0 Å². The molecular weight excluding hydrogens is 356 g/mol. The Bertz CT molecular complexity index is 770. The third-order valence-corrected chi connectivity index (χ3v) is 5.20. The third-order valence-electron chi connectivity index (χ3n) is 4.45. The van der Waals surface area contributed by atoms with Gasteiger partial charge in [-0.1, -0.05) is 0 Å². The predicted octanol–water partition coefficient (Wildman–Crippen LogP) is 4.33. The molecular formula is C19H21F2N3OS. The first-order valence-electron chi connectivity index (χ1n) is 8.44. The molecule has 0 aromatic heterocycles. The molecule has 2 aromatic rings. The number of hydrogen-bond acceptors (Lipinski definition) is 3. The zero-order chi connectivity index (χ0) is 18.5. The van der Waals surface area contributed by atoms with Crippen molar-refractivity contribution in [1.29, 1.82) is 0 Å². The summed E-state index contributed by atoms with van der Waals surface area (Å²) in [4.78, 5) is 15.2. The lowest BCUT2D eigenvalue weighted by molar-refractivity contribution is 0.250. The molecule has 1 saturated heterocycles. The maximum atomic E-state index is 13.4. The molecule has 0 radical (unpaired) electrons. The Morgan fingerprint density at radius 3 is 2.65 bits per heavy atom. The molecule has 1 aliphatic rings. The molecule has 2 amide bonds. The highest BCUT2D eigenvalue weighted by atomic mass is 32.2. The van der Waals surface area contributed by atoms with Gasteiger partial charge in [-0.25, -0.2) is 13.6 Å².